The fourth-order valence-electron chi connectivity index (χ4n) is 3.02. The van der Waals surface area contributed by atoms with Crippen LogP contribution in [0.3, 0.4) is 0 Å². The van der Waals surface area contributed by atoms with Gasteiger partial charge in [-0.15, -0.1) is 11.3 Å². The molecule has 7 nitrogen and oxygen atoms in total. The van der Waals surface area contributed by atoms with Crippen molar-refractivity contribution in [3.63, 3.8) is 0 Å². The third-order valence-electron chi connectivity index (χ3n) is 4.38. The largest absolute Gasteiger partial charge is 0.493 e. The van der Waals surface area contributed by atoms with Gasteiger partial charge in [-0.25, -0.2) is 9.78 Å². The molecule has 0 spiro atoms. The minimum absolute atomic E-state index is 0.0974. The zero-order valence-electron chi connectivity index (χ0n) is 16.0. The molecule has 1 N–H and O–H groups in total. The first kappa shape index (κ1) is 19.3. The van der Waals surface area contributed by atoms with Gasteiger partial charge in [0.05, 0.1) is 19.4 Å². The Labute approximate surface area is 163 Å². The van der Waals surface area contributed by atoms with Gasteiger partial charge in [-0.1, -0.05) is 0 Å². The molecule has 2 aromatic rings. The van der Waals surface area contributed by atoms with E-state index in [9.17, 15) is 4.79 Å². The fourth-order valence-corrected chi connectivity index (χ4v) is 3.88. The number of amides is 2. The number of aromatic nitrogens is 1. The highest BCUT2D eigenvalue weighted by Gasteiger charge is 2.21. The summed E-state index contributed by atoms with van der Waals surface area (Å²) in [6.07, 6.45) is 0.916. The highest BCUT2D eigenvalue weighted by Crippen LogP contribution is 2.30. The third-order valence-corrected chi connectivity index (χ3v) is 5.39. The molecule has 1 fully saturated rings. The van der Waals surface area contributed by atoms with Crippen LogP contribution >= 0.6 is 11.3 Å². The van der Waals surface area contributed by atoms with Crippen LogP contribution in [0.4, 0.5) is 15.6 Å². The molecule has 1 saturated heterocycles. The molecule has 27 heavy (non-hydrogen) atoms. The Hall–Kier alpha value is -2.48. The third kappa shape index (κ3) is 4.82. The van der Waals surface area contributed by atoms with Gasteiger partial charge in [0.1, 0.15) is 0 Å². The summed E-state index contributed by atoms with van der Waals surface area (Å²) < 4.78 is 10.9. The maximum absolute atomic E-state index is 12.7. The number of ether oxygens (including phenoxy) is 2. The standard InChI is InChI=1S/C19H26N4O3S/c1-4-26-17-12-15(6-7-16(17)25-3)21-18(24)22-8-5-9-23(11-10-22)19-20-14(2)13-27-19/h6-7,12-13H,4-5,8-11H2,1-3H3,(H,21,24). The fraction of sp³-hybridized carbons (Fsp3) is 0.474. The maximum Gasteiger partial charge on any atom is 0.321 e. The van der Waals surface area contributed by atoms with E-state index in [2.05, 4.69) is 20.6 Å². The number of urea groups is 1. The Bertz CT molecular complexity index is 780. The van der Waals surface area contributed by atoms with E-state index in [0.717, 1.165) is 36.9 Å². The van der Waals surface area contributed by atoms with Gasteiger partial charge in [-0.3, -0.25) is 0 Å². The Kier molecular flexibility index (Phi) is 6.39. The van der Waals surface area contributed by atoms with Crippen molar-refractivity contribution in [1.82, 2.24) is 9.88 Å². The molecule has 0 aliphatic carbocycles. The molecule has 3 rings (SSSR count). The SMILES string of the molecule is CCOc1cc(NC(=O)N2CCCN(c3nc(C)cs3)CC2)ccc1OC. The number of methoxy groups -OCH3 is 1. The maximum atomic E-state index is 12.7. The van der Waals surface area contributed by atoms with Gasteiger partial charge in [-0.2, -0.15) is 0 Å². The van der Waals surface area contributed by atoms with Crippen LogP contribution in [0.2, 0.25) is 0 Å². The topological polar surface area (TPSA) is 66.9 Å². The van der Waals surface area contributed by atoms with Gasteiger partial charge >= 0.3 is 6.03 Å². The molecule has 0 unspecified atom stereocenters. The van der Waals surface area contributed by atoms with Crippen molar-refractivity contribution in [2.45, 2.75) is 20.3 Å². The summed E-state index contributed by atoms with van der Waals surface area (Å²) in [6.45, 7) is 7.54. The lowest BCUT2D eigenvalue weighted by atomic mass is 10.2. The quantitative estimate of drug-likeness (QED) is 0.845. The van der Waals surface area contributed by atoms with Gasteiger partial charge in [0.2, 0.25) is 0 Å². The number of carbonyl (C=O) groups excluding carboxylic acids is 1. The molecule has 2 amide bonds. The summed E-state index contributed by atoms with van der Waals surface area (Å²) in [5, 5.41) is 6.06. The van der Waals surface area contributed by atoms with E-state index in [4.69, 9.17) is 9.47 Å². The van der Waals surface area contributed by atoms with Crippen LogP contribution in [-0.2, 0) is 0 Å². The lowest BCUT2D eigenvalue weighted by Crippen LogP contribution is -2.38. The van der Waals surface area contributed by atoms with Crippen molar-refractivity contribution in [2.75, 3.05) is 50.1 Å². The second-order valence-corrected chi connectivity index (χ2v) is 7.16. The zero-order valence-corrected chi connectivity index (χ0v) is 16.8. The summed E-state index contributed by atoms with van der Waals surface area (Å²) in [6, 6.07) is 5.32. The molecule has 1 aliphatic heterocycles. The molecule has 1 aromatic heterocycles. The number of aryl methyl sites for hydroxylation is 1. The molecule has 0 atom stereocenters. The van der Waals surface area contributed by atoms with E-state index in [1.54, 1.807) is 30.6 Å². The first-order valence-corrected chi connectivity index (χ1v) is 10.0. The summed E-state index contributed by atoms with van der Waals surface area (Å²) in [5.41, 5.74) is 1.74. The minimum Gasteiger partial charge on any atom is -0.493 e. The van der Waals surface area contributed by atoms with Crippen molar-refractivity contribution in [3.05, 3.63) is 29.3 Å². The predicted molar refractivity (Wildman–Crippen MR) is 108 cm³/mol. The van der Waals surface area contributed by atoms with Crippen LogP contribution in [0.15, 0.2) is 23.6 Å². The normalized spacial score (nSPS) is 14.6. The molecule has 8 heteroatoms. The summed E-state index contributed by atoms with van der Waals surface area (Å²) >= 11 is 1.66. The van der Waals surface area contributed by atoms with E-state index in [1.165, 1.54) is 0 Å². The van der Waals surface area contributed by atoms with Crippen LogP contribution < -0.4 is 19.7 Å². The van der Waals surface area contributed by atoms with Crippen molar-refractivity contribution < 1.29 is 14.3 Å². The van der Waals surface area contributed by atoms with Crippen molar-refractivity contribution in [1.29, 1.82) is 0 Å². The number of anilines is 2. The smallest absolute Gasteiger partial charge is 0.321 e. The molecule has 146 valence electrons. The van der Waals surface area contributed by atoms with Crippen molar-refractivity contribution in [2.24, 2.45) is 0 Å². The first-order valence-electron chi connectivity index (χ1n) is 9.14. The van der Waals surface area contributed by atoms with Crippen LogP contribution in [0, 0.1) is 6.92 Å². The van der Waals surface area contributed by atoms with Gasteiger partial charge in [0, 0.05) is 43.3 Å². The lowest BCUT2D eigenvalue weighted by Gasteiger charge is -2.22. The number of nitrogens with zero attached hydrogens (tertiary/aromatic N) is 3. The van der Waals surface area contributed by atoms with E-state index >= 15 is 0 Å². The lowest BCUT2D eigenvalue weighted by molar-refractivity contribution is 0.215. The summed E-state index contributed by atoms with van der Waals surface area (Å²) in [5.74, 6) is 1.28. The molecule has 0 bridgehead atoms. The highest BCUT2D eigenvalue weighted by atomic mass is 32.1. The number of benzene rings is 1. The molecule has 0 saturated carbocycles. The zero-order chi connectivity index (χ0) is 19.2. The molecule has 1 aromatic carbocycles. The molecular weight excluding hydrogens is 364 g/mol. The number of rotatable bonds is 5. The van der Waals surface area contributed by atoms with Crippen molar-refractivity contribution >= 4 is 28.2 Å². The number of hydrogen-bond donors (Lipinski definition) is 1. The molecule has 0 radical (unpaired) electrons. The monoisotopic (exact) mass is 390 g/mol. The van der Waals surface area contributed by atoms with Crippen LogP contribution in [0.5, 0.6) is 11.5 Å². The second-order valence-electron chi connectivity index (χ2n) is 6.33. The number of nitrogens with one attached hydrogen (secondary N) is 1. The van der Waals surface area contributed by atoms with E-state index < -0.39 is 0 Å². The number of hydrogen-bond acceptors (Lipinski definition) is 6. The van der Waals surface area contributed by atoms with Gasteiger partial charge < -0.3 is 24.6 Å². The van der Waals surface area contributed by atoms with Crippen LogP contribution in [0.25, 0.3) is 0 Å². The Balaban J connectivity index is 1.62. The molecule has 2 heterocycles. The van der Waals surface area contributed by atoms with Crippen LogP contribution in [0.1, 0.15) is 19.0 Å². The first-order chi connectivity index (χ1) is 13.1. The van der Waals surface area contributed by atoms with Crippen molar-refractivity contribution in [3.8, 4) is 11.5 Å². The van der Waals surface area contributed by atoms with Gasteiger partial charge in [0.15, 0.2) is 16.6 Å². The summed E-state index contributed by atoms with van der Waals surface area (Å²) in [7, 11) is 1.60. The Morgan fingerprint density at radius 1 is 1.26 bits per heavy atom. The average molecular weight is 391 g/mol. The predicted octanol–water partition coefficient (Wildman–Crippen LogP) is 3.60. The molecule has 1 aliphatic rings. The highest BCUT2D eigenvalue weighted by molar-refractivity contribution is 7.13. The number of carbonyl (C=O) groups is 1. The molecular formula is C19H26N4O3S. The van der Waals surface area contributed by atoms with E-state index in [1.807, 2.05) is 24.8 Å². The summed E-state index contributed by atoms with van der Waals surface area (Å²) in [4.78, 5) is 21.4. The van der Waals surface area contributed by atoms with Gasteiger partial charge in [0.25, 0.3) is 0 Å². The van der Waals surface area contributed by atoms with E-state index in [-0.39, 0.29) is 6.03 Å². The Morgan fingerprint density at radius 2 is 2.11 bits per heavy atom. The Morgan fingerprint density at radius 3 is 2.81 bits per heavy atom. The van der Waals surface area contributed by atoms with E-state index in [0.29, 0.717) is 30.3 Å². The second kappa shape index (κ2) is 8.94. The van der Waals surface area contributed by atoms with Crippen LogP contribution in [-0.4, -0.2) is 55.8 Å². The minimum atomic E-state index is -0.0974. The van der Waals surface area contributed by atoms with Gasteiger partial charge in [-0.05, 0) is 32.4 Å². The number of thiazole rings is 1. The average Bonchev–Trinajstić information content (AvgIpc) is 2.94.